The second kappa shape index (κ2) is 6.86. The lowest BCUT2D eigenvalue weighted by Gasteiger charge is -2.06. The van der Waals surface area contributed by atoms with E-state index in [9.17, 15) is 4.79 Å². The van der Waals surface area contributed by atoms with Crippen LogP contribution in [0.4, 0.5) is 0 Å². The fraction of sp³-hybridized carbons (Fsp3) is 0.200. The molecule has 2 rings (SSSR count). The highest BCUT2D eigenvalue weighted by Gasteiger charge is 2.06. The number of rotatable bonds is 5. The number of aromatic nitrogens is 1. The van der Waals surface area contributed by atoms with E-state index in [0.29, 0.717) is 16.7 Å². The van der Waals surface area contributed by atoms with Gasteiger partial charge in [0.05, 0.1) is 12.7 Å². The van der Waals surface area contributed by atoms with Gasteiger partial charge in [0, 0.05) is 12.7 Å². The molecule has 4 nitrogen and oxygen atoms in total. The molecule has 104 valence electrons. The smallest absolute Gasteiger partial charge is 0.254 e. The Morgan fingerprint density at radius 3 is 2.70 bits per heavy atom. The number of methoxy groups -OCH3 is 1. The average Bonchev–Trinajstić information content (AvgIpc) is 2.48. The van der Waals surface area contributed by atoms with Crippen molar-refractivity contribution in [1.82, 2.24) is 10.3 Å². The topological polar surface area (TPSA) is 54.1 Å². The maximum atomic E-state index is 11.9. The van der Waals surface area contributed by atoms with Gasteiger partial charge in [0.15, 0.2) is 0 Å². The summed E-state index contributed by atoms with van der Waals surface area (Å²) in [5, 5.41) is 2.86. The van der Waals surface area contributed by atoms with E-state index in [0.717, 1.165) is 17.7 Å². The number of carbonyl (C=O) groups is 1. The van der Waals surface area contributed by atoms with Gasteiger partial charge >= 0.3 is 0 Å². The van der Waals surface area contributed by atoms with E-state index in [1.54, 1.807) is 25.4 Å². The summed E-state index contributed by atoms with van der Waals surface area (Å²) in [5.41, 5.74) is 1.64. The molecular weight excluding hydrogens is 272 g/mol. The quantitative estimate of drug-likeness (QED) is 0.832. The molecule has 1 heterocycles. The first-order chi connectivity index (χ1) is 9.70. The second-order valence-electron chi connectivity index (χ2n) is 4.27. The number of hydrogen-bond acceptors (Lipinski definition) is 3. The first-order valence-corrected chi connectivity index (χ1v) is 6.70. The Kier molecular flexibility index (Phi) is 4.90. The van der Waals surface area contributed by atoms with E-state index >= 15 is 0 Å². The Morgan fingerprint density at radius 2 is 2.05 bits per heavy atom. The van der Waals surface area contributed by atoms with Crippen molar-refractivity contribution in [3.63, 3.8) is 0 Å². The van der Waals surface area contributed by atoms with Gasteiger partial charge < -0.3 is 15.0 Å². The van der Waals surface area contributed by atoms with Gasteiger partial charge in [-0.25, -0.2) is 0 Å². The third-order valence-corrected chi connectivity index (χ3v) is 3.26. The van der Waals surface area contributed by atoms with Crippen molar-refractivity contribution < 1.29 is 9.53 Å². The number of carbonyl (C=O) groups excluding carboxylic acids is 1. The number of nitrogens with one attached hydrogen (secondary N) is 2. The van der Waals surface area contributed by atoms with Gasteiger partial charge in [-0.05, 0) is 36.2 Å². The highest BCUT2D eigenvalue weighted by Crippen LogP contribution is 2.11. The Balaban J connectivity index is 1.88. The van der Waals surface area contributed by atoms with E-state index in [2.05, 4.69) is 10.3 Å². The summed E-state index contributed by atoms with van der Waals surface area (Å²) in [7, 11) is 1.64. The fourth-order valence-electron chi connectivity index (χ4n) is 1.81. The van der Waals surface area contributed by atoms with Gasteiger partial charge in [-0.15, -0.1) is 0 Å². The third kappa shape index (κ3) is 3.68. The average molecular weight is 288 g/mol. The summed E-state index contributed by atoms with van der Waals surface area (Å²) in [6, 6.07) is 11.3. The van der Waals surface area contributed by atoms with E-state index < -0.39 is 0 Å². The van der Waals surface area contributed by atoms with Crippen LogP contribution in [0.15, 0.2) is 42.6 Å². The summed E-state index contributed by atoms with van der Waals surface area (Å²) in [5.74, 6) is 0.675. The van der Waals surface area contributed by atoms with Crippen LogP contribution in [0.5, 0.6) is 5.75 Å². The first kappa shape index (κ1) is 14.3. The van der Waals surface area contributed by atoms with Gasteiger partial charge in [-0.2, -0.15) is 0 Å². The van der Waals surface area contributed by atoms with Gasteiger partial charge in [0.1, 0.15) is 10.4 Å². The Hall–Kier alpha value is -2.14. The molecule has 2 aromatic rings. The Labute approximate surface area is 122 Å². The zero-order valence-corrected chi connectivity index (χ0v) is 12.0. The van der Waals surface area contributed by atoms with Crippen LogP contribution in [-0.4, -0.2) is 24.5 Å². The van der Waals surface area contributed by atoms with Crippen LogP contribution in [0.25, 0.3) is 0 Å². The van der Waals surface area contributed by atoms with Crippen molar-refractivity contribution in [3.8, 4) is 5.75 Å². The third-order valence-electron chi connectivity index (χ3n) is 2.92. The largest absolute Gasteiger partial charge is 0.497 e. The van der Waals surface area contributed by atoms with Crippen LogP contribution in [0.2, 0.25) is 0 Å². The molecule has 1 aromatic heterocycles. The summed E-state index contributed by atoms with van der Waals surface area (Å²) < 4.78 is 5.55. The van der Waals surface area contributed by atoms with Gasteiger partial charge in [0.2, 0.25) is 0 Å². The molecule has 0 radical (unpaired) electrons. The molecule has 1 aromatic carbocycles. The molecule has 0 saturated carbocycles. The SMILES string of the molecule is COc1ccc(CCNC(=O)c2ccc[nH]c2=S)cc1. The minimum absolute atomic E-state index is 0.152. The lowest BCUT2D eigenvalue weighted by atomic mass is 10.1. The fourth-order valence-corrected chi connectivity index (χ4v) is 2.04. The summed E-state index contributed by atoms with van der Waals surface area (Å²) in [6.45, 7) is 0.564. The minimum Gasteiger partial charge on any atom is -0.497 e. The molecule has 5 heteroatoms. The Morgan fingerprint density at radius 1 is 1.30 bits per heavy atom. The number of pyridine rings is 1. The molecule has 0 bridgehead atoms. The molecule has 1 amide bonds. The molecule has 0 atom stereocenters. The normalized spacial score (nSPS) is 10.1. The number of ether oxygens (including phenoxy) is 1. The lowest BCUT2D eigenvalue weighted by molar-refractivity contribution is 0.0953. The highest BCUT2D eigenvalue weighted by molar-refractivity contribution is 7.71. The molecule has 20 heavy (non-hydrogen) atoms. The van der Waals surface area contributed by atoms with Crippen LogP contribution >= 0.6 is 12.2 Å². The van der Waals surface area contributed by atoms with Crippen molar-refractivity contribution in [2.45, 2.75) is 6.42 Å². The molecule has 0 saturated heterocycles. The number of aromatic amines is 1. The van der Waals surface area contributed by atoms with Crippen molar-refractivity contribution >= 4 is 18.1 Å². The molecule has 0 aliphatic heterocycles. The number of benzene rings is 1. The predicted molar refractivity (Wildman–Crippen MR) is 80.7 cm³/mol. The molecule has 0 spiro atoms. The standard InChI is InChI=1S/C15H16N2O2S/c1-19-12-6-4-11(5-7-12)8-10-16-14(18)13-3-2-9-17-15(13)20/h2-7,9H,8,10H2,1H3,(H,16,18)(H,17,20). The molecular formula is C15H16N2O2S. The maximum Gasteiger partial charge on any atom is 0.254 e. The summed E-state index contributed by atoms with van der Waals surface area (Å²) >= 11 is 5.07. The van der Waals surface area contributed by atoms with E-state index in [4.69, 9.17) is 17.0 Å². The molecule has 0 aliphatic rings. The first-order valence-electron chi connectivity index (χ1n) is 6.29. The minimum atomic E-state index is -0.152. The molecule has 2 N–H and O–H groups in total. The van der Waals surface area contributed by atoms with Crippen LogP contribution in [0.3, 0.4) is 0 Å². The number of hydrogen-bond donors (Lipinski definition) is 2. The van der Waals surface area contributed by atoms with E-state index in [-0.39, 0.29) is 5.91 Å². The summed E-state index contributed by atoms with van der Waals surface area (Å²) in [4.78, 5) is 14.8. The molecule has 0 fully saturated rings. The molecule has 0 unspecified atom stereocenters. The maximum absolute atomic E-state index is 11.9. The van der Waals surface area contributed by atoms with Crippen molar-refractivity contribution in [3.05, 3.63) is 58.4 Å². The van der Waals surface area contributed by atoms with Crippen LogP contribution < -0.4 is 10.1 Å². The van der Waals surface area contributed by atoms with Crippen molar-refractivity contribution in [2.75, 3.05) is 13.7 Å². The monoisotopic (exact) mass is 288 g/mol. The zero-order chi connectivity index (χ0) is 14.4. The van der Waals surface area contributed by atoms with Crippen molar-refractivity contribution in [1.29, 1.82) is 0 Å². The van der Waals surface area contributed by atoms with E-state index in [1.165, 1.54) is 0 Å². The van der Waals surface area contributed by atoms with Gasteiger partial charge in [0.25, 0.3) is 5.91 Å². The zero-order valence-electron chi connectivity index (χ0n) is 11.2. The second-order valence-corrected chi connectivity index (χ2v) is 4.68. The van der Waals surface area contributed by atoms with E-state index in [1.807, 2.05) is 24.3 Å². The van der Waals surface area contributed by atoms with Crippen LogP contribution in [0, 0.1) is 4.64 Å². The lowest BCUT2D eigenvalue weighted by Crippen LogP contribution is -2.26. The molecule has 0 aliphatic carbocycles. The number of H-pyrrole nitrogens is 1. The summed E-state index contributed by atoms with van der Waals surface area (Å²) in [6.07, 6.45) is 2.47. The predicted octanol–water partition coefficient (Wildman–Crippen LogP) is 2.73. The van der Waals surface area contributed by atoms with Crippen LogP contribution in [-0.2, 0) is 6.42 Å². The van der Waals surface area contributed by atoms with Crippen LogP contribution in [0.1, 0.15) is 15.9 Å². The van der Waals surface area contributed by atoms with Crippen molar-refractivity contribution in [2.24, 2.45) is 0 Å². The highest BCUT2D eigenvalue weighted by atomic mass is 32.1. The van der Waals surface area contributed by atoms with Gasteiger partial charge in [-0.1, -0.05) is 24.4 Å². The Bertz CT molecular complexity index is 635. The number of amides is 1. The van der Waals surface area contributed by atoms with Gasteiger partial charge in [-0.3, -0.25) is 4.79 Å².